The monoisotopic (exact) mass is 462 g/mol. The molecule has 0 saturated heterocycles. The maximum atomic E-state index is 12.4. The lowest BCUT2D eigenvalue weighted by molar-refractivity contribution is -0.119. The molecule has 3 rings (SSSR count). The van der Waals surface area contributed by atoms with E-state index in [-0.39, 0.29) is 30.4 Å². The molecule has 9 heteroatoms. The van der Waals surface area contributed by atoms with Crippen molar-refractivity contribution in [2.75, 3.05) is 37.4 Å². The zero-order chi connectivity index (χ0) is 22.4. The highest BCUT2D eigenvalue weighted by atomic mass is 35.5. The van der Waals surface area contributed by atoms with Crippen molar-refractivity contribution < 1.29 is 22.7 Å². The van der Waals surface area contributed by atoms with E-state index < -0.39 is 15.9 Å². The van der Waals surface area contributed by atoms with Crippen LogP contribution in [0.1, 0.15) is 0 Å². The number of nitrogens with zero attached hydrogens (tertiary/aromatic N) is 1. The second kappa shape index (κ2) is 9.89. The Morgan fingerprint density at radius 3 is 2.52 bits per heavy atom. The Balaban J connectivity index is 1.59. The smallest absolute Gasteiger partial charge is 0.240 e. The summed E-state index contributed by atoms with van der Waals surface area (Å²) >= 11 is 6.10. The number of carbonyl (C=O) groups is 1. The summed E-state index contributed by atoms with van der Waals surface area (Å²) in [5.74, 6) is 0.672. The van der Waals surface area contributed by atoms with Gasteiger partial charge in [-0.1, -0.05) is 48.0 Å². The van der Waals surface area contributed by atoms with E-state index in [1.165, 1.54) is 19.2 Å². The van der Waals surface area contributed by atoms with Crippen molar-refractivity contribution in [3.05, 3.63) is 65.7 Å². The molecule has 1 N–H and O–H groups in total. The van der Waals surface area contributed by atoms with Gasteiger partial charge in [-0.15, -0.1) is 0 Å². The number of hydrogen-bond donors (Lipinski definition) is 1. The molecule has 0 saturated carbocycles. The van der Waals surface area contributed by atoms with Crippen molar-refractivity contribution in [1.82, 2.24) is 5.32 Å². The first-order valence-corrected chi connectivity index (χ1v) is 11.7. The summed E-state index contributed by atoms with van der Waals surface area (Å²) in [6.45, 7) is 0.0891. The number of sulfonamides is 1. The number of rotatable bonds is 9. The van der Waals surface area contributed by atoms with Crippen LogP contribution in [0.25, 0.3) is 10.8 Å². The average molecular weight is 463 g/mol. The van der Waals surface area contributed by atoms with Crippen LogP contribution in [0.2, 0.25) is 5.02 Å². The fourth-order valence-electron chi connectivity index (χ4n) is 3.07. The summed E-state index contributed by atoms with van der Waals surface area (Å²) in [7, 11) is -2.24. The normalized spacial score (nSPS) is 11.2. The van der Waals surface area contributed by atoms with Gasteiger partial charge in [0.15, 0.2) is 0 Å². The van der Waals surface area contributed by atoms with Crippen molar-refractivity contribution in [1.29, 1.82) is 0 Å². The predicted molar refractivity (Wildman–Crippen MR) is 123 cm³/mol. The molecular formula is C22H23ClN2O5S. The number of fused-ring (bicyclic) bond motifs is 1. The first kappa shape index (κ1) is 22.7. The van der Waals surface area contributed by atoms with E-state index in [4.69, 9.17) is 21.1 Å². The number of anilines is 1. The molecule has 0 aliphatic rings. The summed E-state index contributed by atoms with van der Waals surface area (Å²) in [5, 5.41) is 4.97. The number of benzene rings is 3. The molecule has 0 atom stereocenters. The van der Waals surface area contributed by atoms with Crippen LogP contribution in [0.15, 0.2) is 60.7 Å². The molecule has 7 nitrogen and oxygen atoms in total. The number of hydrogen-bond acceptors (Lipinski definition) is 5. The van der Waals surface area contributed by atoms with Crippen molar-refractivity contribution in [3.63, 3.8) is 0 Å². The maximum absolute atomic E-state index is 12.4. The molecule has 3 aromatic carbocycles. The molecule has 0 spiro atoms. The summed E-state index contributed by atoms with van der Waals surface area (Å²) in [5.41, 5.74) is 0.274. The molecule has 0 unspecified atom stereocenters. The van der Waals surface area contributed by atoms with Gasteiger partial charge >= 0.3 is 0 Å². The Morgan fingerprint density at radius 2 is 1.81 bits per heavy atom. The number of carbonyl (C=O) groups excluding carboxylic acids is 1. The zero-order valence-electron chi connectivity index (χ0n) is 17.2. The highest BCUT2D eigenvalue weighted by Gasteiger charge is 2.21. The van der Waals surface area contributed by atoms with Gasteiger partial charge in [0.1, 0.15) is 24.7 Å². The molecule has 0 aromatic heterocycles. The van der Waals surface area contributed by atoms with Crippen molar-refractivity contribution >= 4 is 44.0 Å². The number of ether oxygens (including phenoxy) is 2. The Hall–Kier alpha value is -2.97. The van der Waals surface area contributed by atoms with Crippen molar-refractivity contribution in [3.8, 4) is 11.5 Å². The molecule has 31 heavy (non-hydrogen) atoms. The van der Waals surface area contributed by atoms with E-state index in [1.54, 1.807) is 6.07 Å². The van der Waals surface area contributed by atoms with E-state index in [9.17, 15) is 13.2 Å². The Morgan fingerprint density at radius 1 is 1.06 bits per heavy atom. The number of halogens is 1. The first-order chi connectivity index (χ1) is 14.8. The van der Waals surface area contributed by atoms with Gasteiger partial charge in [0.25, 0.3) is 0 Å². The van der Waals surface area contributed by atoms with Crippen LogP contribution in [0, 0.1) is 0 Å². The second-order valence-electron chi connectivity index (χ2n) is 6.76. The molecule has 0 aliphatic heterocycles. The van der Waals surface area contributed by atoms with Crippen LogP contribution in [-0.4, -0.2) is 47.4 Å². The second-order valence-corrected chi connectivity index (χ2v) is 9.08. The van der Waals surface area contributed by atoms with E-state index in [0.717, 1.165) is 27.1 Å². The fourth-order valence-corrected chi connectivity index (χ4v) is 4.17. The van der Waals surface area contributed by atoms with Gasteiger partial charge in [0.05, 0.1) is 30.6 Å². The lowest BCUT2D eigenvalue weighted by Crippen LogP contribution is -2.41. The van der Waals surface area contributed by atoms with Gasteiger partial charge in [-0.05, 0) is 29.7 Å². The average Bonchev–Trinajstić information content (AvgIpc) is 2.74. The number of amides is 1. The van der Waals surface area contributed by atoms with Gasteiger partial charge in [-0.25, -0.2) is 8.42 Å². The standard InChI is InChI=1S/C22H23ClN2O5S/c1-29-21-11-10-17(14-19(21)23)25(31(2,27)28)15-22(26)24-12-13-30-20-9-5-7-16-6-3-4-8-18(16)20/h3-11,14H,12-13,15H2,1-2H3,(H,24,26). The van der Waals surface area contributed by atoms with Crippen LogP contribution in [0.3, 0.4) is 0 Å². The summed E-state index contributed by atoms with van der Waals surface area (Å²) in [4.78, 5) is 12.4. The molecule has 1 amide bonds. The molecule has 0 heterocycles. The lowest BCUT2D eigenvalue weighted by Gasteiger charge is -2.22. The van der Waals surface area contributed by atoms with Crippen molar-refractivity contribution in [2.45, 2.75) is 0 Å². The van der Waals surface area contributed by atoms with Gasteiger partial charge < -0.3 is 14.8 Å². The zero-order valence-corrected chi connectivity index (χ0v) is 18.7. The Labute approximate surface area is 186 Å². The van der Waals surface area contributed by atoms with Gasteiger partial charge in [0.2, 0.25) is 15.9 Å². The lowest BCUT2D eigenvalue weighted by atomic mass is 10.1. The number of methoxy groups -OCH3 is 1. The van der Waals surface area contributed by atoms with Crippen LogP contribution < -0.4 is 19.1 Å². The third-order valence-corrected chi connectivity index (χ3v) is 5.98. The SMILES string of the molecule is COc1ccc(N(CC(=O)NCCOc2cccc3ccccc23)S(C)(=O)=O)cc1Cl. The van der Waals surface area contributed by atoms with E-state index >= 15 is 0 Å². The molecule has 3 aromatic rings. The summed E-state index contributed by atoms with van der Waals surface area (Å²) in [6, 6.07) is 18.1. The minimum atomic E-state index is -3.71. The van der Waals surface area contributed by atoms with Gasteiger partial charge in [-0.3, -0.25) is 9.10 Å². The summed E-state index contributed by atoms with van der Waals surface area (Å²) < 4.78 is 36.3. The highest BCUT2D eigenvalue weighted by molar-refractivity contribution is 7.92. The Bertz CT molecular complexity index is 1180. The fraction of sp³-hybridized carbons (Fsp3) is 0.227. The largest absolute Gasteiger partial charge is 0.495 e. The summed E-state index contributed by atoms with van der Waals surface area (Å²) in [6.07, 6.45) is 1.03. The minimum absolute atomic E-state index is 0.225. The number of nitrogens with one attached hydrogen (secondary N) is 1. The topological polar surface area (TPSA) is 84.9 Å². The quantitative estimate of drug-likeness (QED) is 0.492. The first-order valence-electron chi connectivity index (χ1n) is 9.48. The van der Waals surface area contributed by atoms with E-state index in [1.807, 2.05) is 42.5 Å². The Kier molecular flexibility index (Phi) is 7.25. The third-order valence-electron chi connectivity index (χ3n) is 4.54. The predicted octanol–water partition coefficient (Wildman–Crippen LogP) is 3.46. The third kappa shape index (κ3) is 5.80. The maximum Gasteiger partial charge on any atom is 0.240 e. The van der Waals surface area contributed by atoms with Crippen LogP contribution >= 0.6 is 11.6 Å². The van der Waals surface area contributed by atoms with Gasteiger partial charge in [0, 0.05) is 5.39 Å². The minimum Gasteiger partial charge on any atom is -0.495 e. The van der Waals surface area contributed by atoms with Gasteiger partial charge in [-0.2, -0.15) is 0 Å². The molecule has 0 aliphatic carbocycles. The highest BCUT2D eigenvalue weighted by Crippen LogP contribution is 2.30. The van der Waals surface area contributed by atoms with Crippen LogP contribution in [0.5, 0.6) is 11.5 Å². The van der Waals surface area contributed by atoms with Crippen LogP contribution in [0.4, 0.5) is 5.69 Å². The molecule has 164 valence electrons. The molecule has 0 fully saturated rings. The van der Waals surface area contributed by atoms with Crippen molar-refractivity contribution in [2.24, 2.45) is 0 Å². The molecule has 0 radical (unpaired) electrons. The molecular weight excluding hydrogens is 440 g/mol. The molecule has 0 bridgehead atoms. The van der Waals surface area contributed by atoms with Crippen LogP contribution in [-0.2, 0) is 14.8 Å². The van der Waals surface area contributed by atoms with E-state index in [2.05, 4.69) is 5.32 Å². The van der Waals surface area contributed by atoms with E-state index in [0.29, 0.717) is 5.75 Å².